The summed E-state index contributed by atoms with van der Waals surface area (Å²) in [7, 11) is 0. The Morgan fingerprint density at radius 3 is 2.21 bits per heavy atom. The number of hydrogen-bond donors (Lipinski definition) is 0. The van der Waals surface area contributed by atoms with Crippen LogP contribution >= 0.6 is 0 Å². The zero-order chi connectivity index (χ0) is 27.6. The molecule has 0 unspecified atom stereocenters. The Morgan fingerprint density at radius 2 is 1.59 bits per heavy atom. The molecule has 0 radical (unpaired) electrons. The predicted molar refractivity (Wildman–Crippen MR) is 139 cm³/mol. The second-order valence-electron chi connectivity index (χ2n) is 9.56. The maximum Gasteiger partial charge on any atom is 0.461 e. The fourth-order valence-electron chi connectivity index (χ4n) is 5.03. The average molecular weight is 538 g/mol. The summed E-state index contributed by atoms with van der Waals surface area (Å²) in [6, 6.07) is 24.9. The fraction of sp³-hybridized carbons (Fsp3) is 0.267. The second-order valence-corrected chi connectivity index (χ2v) is 9.56. The van der Waals surface area contributed by atoms with Crippen molar-refractivity contribution in [3.05, 3.63) is 129 Å². The molecule has 0 spiro atoms. The van der Waals surface area contributed by atoms with E-state index in [4.69, 9.17) is 4.98 Å². The molecule has 1 aromatic heterocycles. The molecule has 0 saturated heterocycles. The van der Waals surface area contributed by atoms with Gasteiger partial charge in [0.15, 0.2) is 0 Å². The molecule has 0 atom stereocenters. The van der Waals surface area contributed by atoms with Crippen LogP contribution in [0.2, 0.25) is 0 Å². The van der Waals surface area contributed by atoms with Crippen LogP contribution < -0.4 is 10.3 Å². The average Bonchev–Trinajstić information content (AvgIpc) is 2.92. The van der Waals surface area contributed by atoms with Crippen LogP contribution in [0.1, 0.15) is 39.8 Å². The lowest BCUT2D eigenvalue weighted by Crippen LogP contribution is -2.40. The summed E-state index contributed by atoms with van der Waals surface area (Å²) in [5, 5.41) is 0. The first kappa shape index (κ1) is 26.6. The summed E-state index contributed by atoms with van der Waals surface area (Å²) >= 11 is 0. The number of alkyl halides is 4. The number of fused-ring (bicyclic) bond motifs is 1. The van der Waals surface area contributed by atoms with Gasteiger partial charge in [-0.25, -0.2) is 4.98 Å². The summed E-state index contributed by atoms with van der Waals surface area (Å²) < 4.78 is 57.9. The third kappa shape index (κ3) is 5.73. The summed E-state index contributed by atoms with van der Waals surface area (Å²) in [5.41, 5.74) is 3.72. The Kier molecular flexibility index (Phi) is 7.52. The van der Waals surface area contributed by atoms with Gasteiger partial charge >= 0.3 is 12.5 Å². The largest absolute Gasteiger partial charge is 0.461 e. The van der Waals surface area contributed by atoms with Gasteiger partial charge in [0, 0.05) is 26.1 Å². The van der Waals surface area contributed by atoms with Crippen molar-refractivity contribution >= 4 is 0 Å². The highest BCUT2D eigenvalue weighted by molar-refractivity contribution is 5.35. The minimum Gasteiger partial charge on any atom is -0.428 e. The Labute approximate surface area is 223 Å². The highest BCUT2D eigenvalue weighted by atomic mass is 19.3. The maximum atomic E-state index is 14.0. The number of ether oxygens (including phenoxy) is 1. The first-order valence-electron chi connectivity index (χ1n) is 12.6. The van der Waals surface area contributed by atoms with E-state index in [1.54, 1.807) is 10.6 Å². The zero-order valence-electron chi connectivity index (χ0n) is 21.2. The molecule has 5 nitrogen and oxygen atoms in total. The number of nitrogens with zero attached hydrogens (tertiary/aromatic N) is 3. The van der Waals surface area contributed by atoms with Gasteiger partial charge in [-0.15, -0.1) is 0 Å². The molecule has 3 aromatic carbocycles. The van der Waals surface area contributed by atoms with Crippen LogP contribution in [-0.4, -0.2) is 33.5 Å². The number of rotatable bonds is 8. The lowest BCUT2D eigenvalue weighted by atomic mass is 9.97. The lowest BCUT2D eigenvalue weighted by molar-refractivity contribution is -0.253. The Morgan fingerprint density at radius 1 is 0.949 bits per heavy atom. The molecule has 1 aliphatic heterocycles. The number of hydrogen-bond acceptors (Lipinski definition) is 4. The predicted octanol–water partition coefficient (Wildman–Crippen LogP) is 5.98. The van der Waals surface area contributed by atoms with Crippen molar-refractivity contribution in [2.45, 2.75) is 45.0 Å². The maximum absolute atomic E-state index is 14.0. The molecule has 5 rings (SSSR count). The first-order valence-corrected chi connectivity index (χ1v) is 12.6. The Hall–Kier alpha value is -3.98. The monoisotopic (exact) mass is 537 g/mol. The standard InChI is InChI=1S/C30H27F4N3O2/c1-20-35-26-15-16-36(18-21-9-8-14-24(17-21)39-30(33,34)29(31)32)19-25(26)28(38)37(20)27(22-10-4-2-5-11-22)23-12-6-3-7-13-23/h2-14,17,27,29H,15-16,18-19H2,1H3. The van der Waals surface area contributed by atoms with Gasteiger partial charge in [-0.3, -0.25) is 14.3 Å². The SMILES string of the molecule is Cc1nc2c(c(=O)n1C(c1ccccc1)c1ccccc1)CN(Cc1cccc(OC(F)(F)C(F)F)c1)CC2. The molecule has 0 N–H and O–H groups in total. The van der Waals surface area contributed by atoms with Gasteiger partial charge in [-0.1, -0.05) is 72.8 Å². The second kappa shape index (κ2) is 11.0. The summed E-state index contributed by atoms with van der Waals surface area (Å²) in [4.78, 5) is 20.8. The molecule has 202 valence electrons. The number of aryl methyl sites for hydroxylation is 1. The quantitative estimate of drug-likeness (QED) is 0.259. The highest BCUT2D eigenvalue weighted by Crippen LogP contribution is 2.30. The van der Waals surface area contributed by atoms with E-state index in [1.807, 2.05) is 72.5 Å². The minimum absolute atomic E-state index is 0.131. The van der Waals surface area contributed by atoms with Gasteiger partial charge in [-0.05, 0) is 35.7 Å². The van der Waals surface area contributed by atoms with Crippen LogP contribution in [0.25, 0.3) is 0 Å². The topological polar surface area (TPSA) is 47.4 Å². The van der Waals surface area contributed by atoms with Crippen molar-refractivity contribution in [3.8, 4) is 5.75 Å². The van der Waals surface area contributed by atoms with Crippen molar-refractivity contribution < 1.29 is 22.3 Å². The van der Waals surface area contributed by atoms with E-state index < -0.39 is 12.5 Å². The number of halogens is 4. The smallest absolute Gasteiger partial charge is 0.428 e. The molecule has 0 fully saturated rings. The van der Waals surface area contributed by atoms with E-state index in [0.29, 0.717) is 43.0 Å². The molecule has 0 aliphatic carbocycles. The van der Waals surface area contributed by atoms with Crippen LogP contribution in [0.5, 0.6) is 5.75 Å². The van der Waals surface area contributed by atoms with Crippen LogP contribution in [-0.2, 0) is 19.5 Å². The normalized spacial score (nSPS) is 14.0. The van der Waals surface area contributed by atoms with Gasteiger partial charge < -0.3 is 4.74 Å². The van der Waals surface area contributed by atoms with Gasteiger partial charge in [-0.2, -0.15) is 17.6 Å². The lowest BCUT2D eigenvalue weighted by Gasteiger charge is -2.30. The summed E-state index contributed by atoms with van der Waals surface area (Å²) in [6.07, 6.45) is -7.97. The minimum atomic E-state index is -4.58. The van der Waals surface area contributed by atoms with Crippen LogP contribution in [0, 0.1) is 6.92 Å². The molecule has 0 saturated carbocycles. The Balaban J connectivity index is 1.45. The highest BCUT2D eigenvalue weighted by Gasteiger charge is 2.44. The van der Waals surface area contributed by atoms with E-state index >= 15 is 0 Å². The van der Waals surface area contributed by atoms with E-state index in [1.165, 1.54) is 18.2 Å². The van der Waals surface area contributed by atoms with Crippen LogP contribution in [0.3, 0.4) is 0 Å². The first-order chi connectivity index (χ1) is 18.7. The van der Waals surface area contributed by atoms with Gasteiger partial charge in [0.05, 0.1) is 17.3 Å². The summed E-state index contributed by atoms with van der Waals surface area (Å²) in [6.45, 7) is 3.08. The van der Waals surface area contributed by atoms with Crippen molar-refractivity contribution in [1.29, 1.82) is 0 Å². The summed E-state index contributed by atoms with van der Waals surface area (Å²) in [5.74, 6) is 0.276. The van der Waals surface area contributed by atoms with Crippen molar-refractivity contribution in [1.82, 2.24) is 14.5 Å². The third-order valence-corrected chi connectivity index (χ3v) is 6.82. The van der Waals surface area contributed by atoms with Crippen molar-refractivity contribution in [3.63, 3.8) is 0 Å². The number of aromatic nitrogens is 2. The van der Waals surface area contributed by atoms with E-state index in [2.05, 4.69) is 4.74 Å². The zero-order valence-corrected chi connectivity index (χ0v) is 21.2. The molecule has 9 heteroatoms. The Bertz CT molecular complexity index is 1450. The van der Waals surface area contributed by atoms with E-state index in [9.17, 15) is 22.4 Å². The van der Waals surface area contributed by atoms with Crippen LogP contribution in [0.15, 0.2) is 89.7 Å². The van der Waals surface area contributed by atoms with Crippen molar-refractivity contribution in [2.75, 3.05) is 6.54 Å². The molecule has 1 aliphatic rings. The number of benzene rings is 3. The molecule has 2 heterocycles. The van der Waals surface area contributed by atoms with Crippen molar-refractivity contribution in [2.24, 2.45) is 0 Å². The molecular formula is C30H27F4N3O2. The fourth-order valence-corrected chi connectivity index (χ4v) is 5.03. The molecule has 39 heavy (non-hydrogen) atoms. The molecular weight excluding hydrogens is 510 g/mol. The van der Waals surface area contributed by atoms with Gasteiger partial charge in [0.2, 0.25) is 0 Å². The van der Waals surface area contributed by atoms with E-state index in [0.717, 1.165) is 16.8 Å². The van der Waals surface area contributed by atoms with Gasteiger partial charge in [0.25, 0.3) is 5.56 Å². The van der Waals surface area contributed by atoms with Crippen LogP contribution in [0.4, 0.5) is 17.6 Å². The molecule has 4 aromatic rings. The van der Waals surface area contributed by atoms with Gasteiger partial charge in [0.1, 0.15) is 11.6 Å². The third-order valence-electron chi connectivity index (χ3n) is 6.82. The molecule has 0 bridgehead atoms. The molecule has 0 amide bonds. The van der Waals surface area contributed by atoms with E-state index in [-0.39, 0.29) is 17.4 Å².